The lowest BCUT2D eigenvalue weighted by Crippen LogP contribution is -2.41. The van der Waals surface area contributed by atoms with Gasteiger partial charge in [0, 0.05) is 56.1 Å². The number of nitrogens with one attached hydrogen (secondary N) is 1. The highest BCUT2D eigenvalue weighted by atomic mass is 15.1. The monoisotopic (exact) mass is 364 g/mol. The SMILES string of the molecule is CC(CN1CCc2ccccc2C1)NCc1cnc(C2CCCCC2)nc1. The minimum atomic E-state index is 0.452. The van der Waals surface area contributed by atoms with Gasteiger partial charge in [-0.2, -0.15) is 0 Å². The topological polar surface area (TPSA) is 41.0 Å². The molecule has 0 spiro atoms. The average Bonchev–Trinajstić information content (AvgIpc) is 2.73. The first kappa shape index (κ1) is 18.6. The van der Waals surface area contributed by atoms with Crippen LogP contribution in [0.4, 0.5) is 0 Å². The molecule has 1 aromatic heterocycles. The summed E-state index contributed by atoms with van der Waals surface area (Å²) in [7, 11) is 0. The molecule has 27 heavy (non-hydrogen) atoms. The summed E-state index contributed by atoms with van der Waals surface area (Å²) in [5.41, 5.74) is 4.19. The normalized spacial score (nSPS) is 19.6. The predicted molar refractivity (Wildman–Crippen MR) is 110 cm³/mol. The minimum Gasteiger partial charge on any atom is -0.309 e. The van der Waals surface area contributed by atoms with E-state index in [4.69, 9.17) is 0 Å². The van der Waals surface area contributed by atoms with E-state index in [2.05, 4.69) is 51.4 Å². The molecule has 1 fully saturated rings. The Morgan fingerprint density at radius 2 is 1.81 bits per heavy atom. The van der Waals surface area contributed by atoms with E-state index in [1.165, 1.54) is 55.2 Å². The van der Waals surface area contributed by atoms with Crippen LogP contribution in [0, 0.1) is 0 Å². The van der Waals surface area contributed by atoms with Crippen molar-refractivity contribution in [1.82, 2.24) is 20.2 Å². The molecule has 2 heterocycles. The number of rotatable bonds is 6. The van der Waals surface area contributed by atoms with E-state index in [1.54, 1.807) is 0 Å². The van der Waals surface area contributed by atoms with E-state index in [9.17, 15) is 0 Å². The Bertz CT molecular complexity index is 721. The molecule has 2 aliphatic rings. The van der Waals surface area contributed by atoms with Gasteiger partial charge >= 0.3 is 0 Å². The molecule has 0 bridgehead atoms. The van der Waals surface area contributed by atoms with Crippen LogP contribution in [0.3, 0.4) is 0 Å². The lowest BCUT2D eigenvalue weighted by atomic mass is 9.89. The van der Waals surface area contributed by atoms with Gasteiger partial charge in [0.25, 0.3) is 0 Å². The predicted octanol–water partition coefficient (Wildman–Crippen LogP) is 4.06. The molecule has 2 aromatic rings. The van der Waals surface area contributed by atoms with Gasteiger partial charge in [0.1, 0.15) is 5.82 Å². The van der Waals surface area contributed by atoms with Gasteiger partial charge in [0.05, 0.1) is 0 Å². The highest BCUT2D eigenvalue weighted by Crippen LogP contribution is 2.30. The zero-order valence-corrected chi connectivity index (χ0v) is 16.5. The maximum absolute atomic E-state index is 4.66. The summed E-state index contributed by atoms with van der Waals surface area (Å²) in [4.78, 5) is 11.9. The van der Waals surface area contributed by atoms with Crippen LogP contribution in [0.25, 0.3) is 0 Å². The second-order valence-electron chi connectivity index (χ2n) is 8.32. The van der Waals surface area contributed by atoms with Crippen molar-refractivity contribution >= 4 is 0 Å². The molecular weight excluding hydrogens is 332 g/mol. The number of hydrogen-bond donors (Lipinski definition) is 1. The molecule has 1 saturated carbocycles. The number of benzene rings is 1. The van der Waals surface area contributed by atoms with Crippen LogP contribution >= 0.6 is 0 Å². The highest BCUT2D eigenvalue weighted by Gasteiger charge is 2.19. The molecule has 1 unspecified atom stereocenters. The molecule has 1 aliphatic heterocycles. The second-order valence-corrected chi connectivity index (χ2v) is 8.32. The molecular formula is C23H32N4. The van der Waals surface area contributed by atoms with Crippen molar-refractivity contribution < 1.29 is 0 Å². The summed E-state index contributed by atoms with van der Waals surface area (Å²) in [5.74, 6) is 1.64. The minimum absolute atomic E-state index is 0.452. The Balaban J connectivity index is 1.24. The van der Waals surface area contributed by atoms with Crippen LogP contribution < -0.4 is 5.32 Å². The molecule has 1 aliphatic carbocycles. The Kier molecular flexibility index (Phi) is 6.15. The second kappa shape index (κ2) is 8.94. The maximum atomic E-state index is 4.66. The Morgan fingerprint density at radius 3 is 2.59 bits per heavy atom. The third-order valence-corrected chi connectivity index (χ3v) is 6.09. The molecule has 4 nitrogen and oxygen atoms in total. The fourth-order valence-electron chi connectivity index (χ4n) is 4.48. The Morgan fingerprint density at radius 1 is 1.07 bits per heavy atom. The van der Waals surface area contributed by atoms with Crippen molar-refractivity contribution in [2.45, 2.75) is 70.5 Å². The third kappa shape index (κ3) is 4.94. The van der Waals surface area contributed by atoms with E-state index >= 15 is 0 Å². The molecule has 1 atom stereocenters. The summed E-state index contributed by atoms with van der Waals surface area (Å²) < 4.78 is 0. The van der Waals surface area contributed by atoms with Crippen LogP contribution in [0.1, 0.15) is 67.5 Å². The van der Waals surface area contributed by atoms with E-state index < -0.39 is 0 Å². The first-order valence-electron chi connectivity index (χ1n) is 10.6. The summed E-state index contributed by atoms with van der Waals surface area (Å²) in [6.07, 6.45) is 11.8. The lowest BCUT2D eigenvalue weighted by Gasteiger charge is -2.31. The summed E-state index contributed by atoms with van der Waals surface area (Å²) in [6, 6.07) is 9.30. The van der Waals surface area contributed by atoms with Crippen LogP contribution in [0.15, 0.2) is 36.7 Å². The van der Waals surface area contributed by atoms with Gasteiger partial charge in [-0.05, 0) is 37.3 Å². The van der Waals surface area contributed by atoms with Crippen LogP contribution in [0.5, 0.6) is 0 Å². The van der Waals surface area contributed by atoms with Crippen molar-refractivity contribution in [1.29, 1.82) is 0 Å². The summed E-state index contributed by atoms with van der Waals surface area (Å²) >= 11 is 0. The Labute approximate surface area is 163 Å². The van der Waals surface area contributed by atoms with E-state index in [-0.39, 0.29) is 0 Å². The average molecular weight is 365 g/mol. The fourth-order valence-corrected chi connectivity index (χ4v) is 4.48. The van der Waals surface area contributed by atoms with Gasteiger partial charge in [-0.15, -0.1) is 0 Å². The zero-order valence-electron chi connectivity index (χ0n) is 16.5. The van der Waals surface area contributed by atoms with Gasteiger partial charge in [0.15, 0.2) is 0 Å². The number of fused-ring (bicyclic) bond motifs is 1. The molecule has 0 radical (unpaired) electrons. The van der Waals surface area contributed by atoms with Gasteiger partial charge in [0.2, 0.25) is 0 Å². The summed E-state index contributed by atoms with van der Waals surface area (Å²) in [5, 5.41) is 3.65. The lowest BCUT2D eigenvalue weighted by molar-refractivity contribution is 0.229. The fraction of sp³-hybridized carbons (Fsp3) is 0.565. The van der Waals surface area contributed by atoms with Crippen molar-refractivity contribution in [3.8, 4) is 0 Å². The smallest absolute Gasteiger partial charge is 0.131 e. The zero-order chi connectivity index (χ0) is 18.5. The van der Waals surface area contributed by atoms with Crippen LogP contribution in [0.2, 0.25) is 0 Å². The number of nitrogens with zero attached hydrogens (tertiary/aromatic N) is 3. The van der Waals surface area contributed by atoms with Crippen molar-refractivity contribution in [3.63, 3.8) is 0 Å². The molecule has 0 amide bonds. The highest BCUT2D eigenvalue weighted by molar-refractivity contribution is 5.29. The van der Waals surface area contributed by atoms with Crippen LogP contribution in [-0.2, 0) is 19.5 Å². The van der Waals surface area contributed by atoms with Crippen LogP contribution in [-0.4, -0.2) is 34.0 Å². The quantitative estimate of drug-likeness (QED) is 0.839. The molecule has 1 aromatic carbocycles. The summed E-state index contributed by atoms with van der Waals surface area (Å²) in [6.45, 7) is 6.42. The van der Waals surface area contributed by atoms with Gasteiger partial charge in [-0.3, -0.25) is 4.90 Å². The molecule has 4 heteroatoms. The van der Waals surface area contributed by atoms with Crippen molar-refractivity contribution in [3.05, 3.63) is 59.2 Å². The first-order chi connectivity index (χ1) is 13.3. The van der Waals surface area contributed by atoms with E-state index in [0.717, 1.165) is 32.0 Å². The number of hydrogen-bond acceptors (Lipinski definition) is 4. The maximum Gasteiger partial charge on any atom is 0.131 e. The third-order valence-electron chi connectivity index (χ3n) is 6.09. The van der Waals surface area contributed by atoms with Crippen molar-refractivity contribution in [2.24, 2.45) is 0 Å². The van der Waals surface area contributed by atoms with Gasteiger partial charge < -0.3 is 5.32 Å². The molecule has 4 rings (SSSR count). The standard InChI is InChI=1S/C23H32N4/c1-18(16-27-12-11-20-7-5-6-10-22(20)17-27)24-13-19-14-25-23(26-15-19)21-8-3-2-4-9-21/h5-7,10,14-15,18,21,24H,2-4,8-9,11-13,16-17H2,1H3. The molecule has 144 valence electrons. The van der Waals surface area contributed by atoms with E-state index in [0.29, 0.717) is 12.0 Å². The Hall–Kier alpha value is -1.78. The van der Waals surface area contributed by atoms with Crippen molar-refractivity contribution in [2.75, 3.05) is 13.1 Å². The van der Waals surface area contributed by atoms with E-state index in [1.807, 2.05) is 12.4 Å². The first-order valence-corrected chi connectivity index (χ1v) is 10.6. The molecule has 0 saturated heterocycles. The largest absolute Gasteiger partial charge is 0.309 e. The van der Waals surface area contributed by atoms with Gasteiger partial charge in [-0.1, -0.05) is 43.5 Å². The molecule has 1 N–H and O–H groups in total. The number of aromatic nitrogens is 2. The van der Waals surface area contributed by atoms with Gasteiger partial charge in [-0.25, -0.2) is 9.97 Å².